The Bertz CT molecular complexity index is 1040. The van der Waals surface area contributed by atoms with Crippen molar-refractivity contribution in [3.8, 4) is 11.5 Å². The molecule has 0 amide bonds. The fraction of sp³-hybridized carbons (Fsp3) is 0.158. The number of nitrogens with one attached hydrogen (secondary N) is 1. The molecule has 0 bridgehead atoms. The van der Waals surface area contributed by atoms with Gasteiger partial charge in [-0.25, -0.2) is 4.98 Å². The van der Waals surface area contributed by atoms with Crippen molar-refractivity contribution in [3.63, 3.8) is 0 Å². The Morgan fingerprint density at radius 3 is 2.77 bits per heavy atom. The van der Waals surface area contributed by atoms with Crippen molar-refractivity contribution in [3.05, 3.63) is 63.2 Å². The first-order valence-corrected chi connectivity index (χ1v) is 8.65. The molecule has 7 heteroatoms. The summed E-state index contributed by atoms with van der Waals surface area (Å²) >= 11 is 12.4. The molecular weight excluding hydrogens is 375 g/mol. The average molecular weight is 391 g/mol. The molecule has 5 nitrogen and oxygen atoms in total. The van der Waals surface area contributed by atoms with Gasteiger partial charge in [0.25, 0.3) is 5.56 Å². The third-order valence-corrected chi connectivity index (χ3v) is 4.20. The maximum Gasteiger partial charge on any atom is 0.259 e. The van der Waals surface area contributed by atoms with Crippen LogP contribution in [0.5, 0.6) is 11.5 Å². The Morgan fingerprint density at radius 1 is 1.23 bits per heavy atom. The fourth-order valence-electron chi connectivity index (χ4n) is 2.49. The zero-order valence-corrected chi connectivity index (χ0v) is 15.7. The second-order valence-electron chi connectivity index (χ2n) is 5.41. The zero-order chi connectivity index (χ0) is 18.7. The highest BCUT2D eigenvalue weighted by Crippen LogP contribution is 2.30. The third kappa shape index (κ3) is 3.84. The van der Waals surface area contributed by atoms with Gasteiger partial charge >= 0.3 is 0 Å². The van der Waals surface area contributed by atoms with Crippen LogP contribution >= 0.6 is 23.2 Å². The second kappa shape index (κ2) is 7.81. The molecule has 0 saturated carbocycles. The smallest absolute Gasteiger partial charge is 0.259 e. The number of ether oxygens (including phenoxy) is 2. The fourth-order valence-corrected chi connectivity index (χ4v) is 2.87. The van der Waals surface area contributed by atoms with Crippen LogP contribution in [0.3, 0.4) is 0 Å². The molecule has 0 aliphatic rings. The van der Waals surface area contributed by atoms with Gasteiger partial charge in [0.15, 0.2) is 17.3 Å². The van der Waals surface area contributed by atoms with Gasteiger partial charge in [-0.05, 0) is 48.9 Å². The van der Waals surface area contributed by atoms with E-state index in [-0.39, 0.29) is 16.4 Å². The van der Waals surface area contributed by atoms with Crippen LogP contribution in [0, 0.1) is 0 Å². The van der Waals surface area contributed by atoms with Crippen LogP contribution in [0.2, 0.25) is 5.02 Å². The molecule has 0 saturated heterocycles. The van der Waals surface area contributed by atoms with Crippen molar-refractivity contribution >= 4 is 45.2 Å². The third-order valence-electron chi connectivity index (χ3n) is 3.68. The van der Waals surface area contributed by atoms with E-state index in [9.17, 15) is 4.79 Å². The SMILES string of the molecule is CCOc1ccc(/C=C(\Cl)c2nc3cc(Cl)ccc3c(=O)[nH]2)cc1OC. The van der Waals surface area contributed by atoms with E-state index in [1.807, 2.05) is 13.0 Å². The quantitative estimate of drug-likeness (QED) is 0.684. The summed E-state index contributed by atoms with van der Waals surface area (Å²) in [5, 5.41) is 1.23. The monoisotopic (exact) mass is 390 g/mol. The van der Waals surface area contributed by atoms with Gasteiger partial charge in [-0.1, -0.05) is 29.3 Å². The van der Waals surface area contributed by atoms with Gasteiger partial charge in [-0.3, -0.25) is 4.79 Å². The Kier molecular flexibility index (Phi) is 5.49. The Hall–Kier alpha value is -2.50. The summed E-state index contributed by atoms with van der Waals surface area (Å²) < 4.78 is 10.8. The summed E-state index contributed by atoms with van der Waals surface area (Å²) in [7, 11) is 1.57. The summed E-state index contributed by atoms with van der Waals surface area (Å²) in [5.74, 6) is 1.51. The minimum atomic E-state index is -0.280. The van der Waals surface area contributed by atoms with E-state index >= 15 is 0 Å². The lowest BCUT2D eigenvalue weighted by molar-refractivity contribution is 0.311. The normalized spacial score (nSPS) is 11.6. The number of hydrogen-bond acceptors (Lipinski definition) is 4. The van der Waals surface area contributed by atoms with E-state index in [0.29, 0.717) is 34.0 Å². The molecule has 26 heavy (non-hydrogen) atoms. The first-order chi connectivity index (χ1) is 12.5. The van der Waals surface area contributed by atoms with Crippen LogP contribution in [-0.4, -0.2) is 23.7 Å². The highest BCUT2D eigenvalue weighted by molar-refractivity contribution is 6.50. The number of H-pyrrole nitrogens is 1. The second-order valence-corrected chi connectivity index (χ2v) is 6.26. The van der Waals surface area contributed by atoms with Gasteiger partial charge in [0.1, 0.15) is 0 Å². The Balaban J connectivity index is 2.02. The molecule has 0 radical (unpaired) electrons. The number of hydrogen-bond donors (Lipinski definition) is 1. The molecule has 0 fully saturated rings. The molecule has 134 valence electrons. The molecular formula is C19H16Cl2N2O3. The molecule has 0 spiro atoms. The molecule has 2 aromatic carbocycles. The lowest BCUT2D eigenvalue weighted by Gasteiger charge is -2.10. The van der Waals surface area contributed by atoms with Gasteiger partial charge in [0, 0.05) is 5.02 Å². The lowest BCUT2D eigenvalue weighted by atomic mass is 10.2. The average Bonchev–Trinajstić information content (AvgIpc) is 2.62. The largest absolute Gasteiger partial charge is 0.493 e. The van der Waals surface area contributed by atoms with Crippen LogP contribution in [0.4, 0.5) is 0 Å². The number of fused-ring (bicyclic) bond motifs is 1. The number of methoxy groups -OCH3 is 1. The van der Waals surface area contributed by atoms with Crippen LogP contribution in [0.1, 0.15) is 18.3 Å². The molecule has 3 aromatic rings. The minimum absolute atomic E-state index is 0.263. The number of rotatable bonds is 5. The van der Waals surface area contributed by atoms with Crippen LogP contribution < -0.4 is 15.0 Å². The van der Waals surface area contributed by atoms with E-state index in [0.717, 1.165) is 5.56 Å². The summed E-state index contributed by atoms with van der Waals surface area (Å²) in [6.07, 6.45) is 1.69. The van der Waals surface area contributed by atoms with Crippen molar-refractivity contribution in [2.45, 2.75) is 6.92 Å². The number of aromatic nitrogens is 2. The highest BCUT2D eigenvalue weighted by Gasteiger charge is 2.09. The maximum atomic E-state index is 12.2. The van der Waals surface area contributed by atoms with E-state index in [4.69, 9.17) is 32.7 Å². The summed E-state index contributed by atoms with van der Waals surface area (Å²) in [4.78, 5) is 19.3. The van der Waals surface area contributed by atoms with Gasteiger partial charge in [0.05, 0.1) is 29.7 Å². The number of benzene rings is 2. The van der Waals surface area contributed by atoms with E-state index in [1.165, 1.54) is 0 Å². The standard InChI is InChI=1S/C19H16Cl2N2O3/c1-3-26-16-7-4-11(9-17(16)25-2)8-14(21)18-22-15-10-12(20)5-6-13(15)19(24)23-18/h4-10H,3H2,1-2H3,(H,22,23,24)/b14-8-. The van der Waals surface area contributed by atoms with Crippen molar-refractivity contribution < 1.29 is 9.47 Å². The van der Waals surface area contributed by atoms with E-state index < -0.39 is 0 Å². The zero-order valence-electron chi connectivity index (χ0n) is 14.2. The Labute approximate surface area is 160 Å². The minimum Gasteiger partial charge on any atom is -0.493 e. The van der Waals surface area contributed by atoms with Crippen LogP contribution in [0.25, 0.3) is 22.0 Å². The number of halogens is 2. The van der Waals surface area contributed by atoms with Crippen molar-refractivity contribution in [1.82, 2.24) is 9.97 Å². The molecule has 0 atom stereocenters. The predicted molar refractivity (Wildman–Crippen MR) is 105 cm³/mol. The number of aromatic amines is 1. The summed E-state index contributed by atoms with van der Waals surface area (Å²) in [6.45, 7) is 2.44. The summed E-state index contributed by atoms with van der Waals surface area (Å²) in [6, 6.07) is 10.3. The first kappa shape index (κ1) is 18.3. The Morgan fingerprint density at radius 2 is 2.04 bits per heavy atom. The van der Waals surface area contributed by atoms with Gasteiger partial charge in [-0.2, -0.15) is 0 Å². The highest BCUT2D eigenvalue weighted by atomic mass is 35.5. The van der Waals surface area contributed by atoms with Crippen molar-refractivity contribution in [2.75, 3.05) is 13.7 Å². The van der Waals surface area contributed by atoms with Crippen molar-refractivity contribution in [2.24, 2.45) is 0 Å². The van der Waals surface area contributed by atoms with E-state index in [2.05, 4.69) is 9.97 Å². The molecule has 0 aliphatic heterocycles. The van der Waals surface area contributed by atoms with Crippen LogP contribution in [0.15, 0.2) is 41.2 Å². The predicted octanol–water partition coefficient (Wildman–Crippen LogP) is 4.72. The molecule has 1 aromatic heterocycles. The first-order valence-electron chi connectivity index (χ1n) is 7.89. The summed E-state index contributed by atoms with van der Waals surface area (Å²) in [5.41, 5.74) is 0.980. The molecule has 1 heterocycles. The molecule has 1 N–H and O–H groups in total. The molecule has 0 unspecified atom stereocenters. The van der Waals surface area contributed by atoms with Gasteiger partial charge < -0.3 is 14.5 Å². The van der Waals surface area contributed by atoms with Crippen molar-refractivity contribution in [1.29, 1.82) is 0 Å². The van der Waals surface area contributed by atoms with Gasteiger partial charge in [0.2, 0.25) is 0 Å². The molecule has 3 rings (SSSR count). The van der Waals surface area contributed by atoms with Crippen LogP contribution in [-0.2, 0) is 0 Å². The van der Waals surface area contributed by atoms with E-state index in [1.54, 1.807) is 43.5 Å². The van der Waals surface area contributed by atoms with Gasteiger partial charge in [-0.15, -0.1) is 0 Å². The molecule has 0 aliphatic carbocycles. The lowest BCUT2D eigenvalue weighted by Crippen LogP contribution is -2.10. The number of nitrogens with zero attached hydrogens (tertiary/aromatic N) is 1. The maximum absolute atomic E-state index is 12.2. The topological polar surface area (TPSA) is 64.2 Å².